The molecule has 0 bridgehead atoms. The lowest BCUT2D eigenvalue weighted by Crippen LogP contribution is -2.32. The first-order valence-electron chi connectivity index (χ1n) is 7.19. The molecule has 0 aromatic heterocycles. The number of anilines is 1. The highest BCUT2D eigenvalue weighted by Crippen LogP contribution is 2.39. The number of para-hydroxylation sites is 1. The van der Waals surface area contributed by atoms with Crippen LogP contribution in [0.5, 0.6) is 0 Å². The molecule has 1 saturated carbocycles. The lowest BCUT2D eigenvalue weighted by atomic mass is 9.79. The summed E-state index contributed by atoms with van der Waals surface area (Å²) in [5, 5.41) is 9.31. The van der Waals surface area contributed by atoms with Crippen LogP contribution in [0.4, 0.5) is 5.69 Å². The fourth-order valence-corrected chi connectivity index (χ4v) is 3.82. The maximum Gasteiger partial charge on any atom is 0.101 e. The standard InChI is InChI=1S/C16H21N3/c1-11-3-2-4-12(8-17)16(11)19-9-13-5-6-15(18)7-14(13)10-19/h2-4,13-15H,5-7,9-10,18H2,1H3/t13-,14+,15?/m1/s1. The van der Waals surface area contributed by atoms with Crippen LogP contribution in [0.3, 0.4) is 0 Å². The molecule has 3 heteroatoms. The minimum absolute atomic E-state index is 0.383. The highest BCUT2D eigenvalue weighted by molar-refractivity contribution is 5.64. The summed E-state index contributed by atoms with van der Waals surface area (Å²) in [7, 11) is 0. The predicted octanol–water partition coefficient (Wildman–Crippen LogP) is 2.43. The monoisotopic (exact) mass is 255 g/mol. The Morgan fingerprint density at radius 2 is 2.05 bits per heavy atom. The Bertz CT molecular complexity index is 517. The highest BCUT2D eigenvalue weighted by Gasteiger charge is 2.37. The Morgan fingerprint density at radius 1 is 1.26 bits per heavy atom. The number of fused-ring (bicyclic) bond motifs is 1. The van der Waals surface area contributed by atoms with Gasteiger partial charge in [-0.15, -0.1) is 0 Å². The second-order valence-electron chi connectivity index (χ2n) is 6.08. The number of hydrogen-bond donors (Lipinski definition) is 1. The first-order valence-corrected chi connectivity index (χ1v) is 7.19. The van der Waals surface area contributed by atoms with E-state index in [2.05, 4.69) is 24.0 Å². The third-order valence-electron chi connectivity index (χ3n) is 4.76. The Hall–Kier alpha value is -1.53. The lowest BCUT2D eigenvalue weighted by Gasteiger charge is -2.27. The minimum Gasteiger partial charge on any atom is -0.370 e. The lowest BCUT2D eigenvalue weighted by molar-refractivity contribution is 0.271. The molecule has 1 aliphatic carbocycles. The minimum atomic E-state index is 0.383. The van der Waals surface area contributed by atoms with Gasteiger partial charge in [0.1, 0.15) is 6.07 Å². The quantitative estimate of drug-likeness (QED) is 0.838. The second kappa shape index (κ2) is 4.86. The molecule has 19 heavy (non-hydrogen) atoms. The van der Waals surface area contributed by atoms with Crippen molar-refractivity contribution in [1.82, 2.24) is 0 Å². The number of nitriles is 1. The van der Waals surface area contributed by atoms with E-state index in [0.29, 0.717) is 6.04 Å². The number of hydrogen-bond acceptors (Lipinski definition) is 3. The predicted molar refractivity (Wildman–Crippen MR) is 76.9 cm³/mol. The number of nitrogens with zero attached hydrogens (tertiary/aromatic N) is 2. The van der Waals surface area contributed by atoms with Gasteiger partial charge in [0.05, 0.1) is 11.3 Å². The molecule has 1 unspecified atom stereocenters. The van der Waals surface area contributed by atoms with Gasteiger partial charge in [-0.3, -0.25) is 0 Å². The van der Waals surface area contributed by atoms with Crippen molar-refractivity contribution < 1.29 is 0 Å². The molecule has 1 saturated heterocycles. The molecule has 2 aliphatic rings. The smallest absolute Gasteiger partial charge is 0.101 e. The molecule has 3 nitrogen and oxygen atoms in total. The Kier molecular flexibility index (Phi) is 3.20. The highest BCUT2D eigenvalue weighted by atomic mass is 15.2. The van der Waals surface area contributed by atoms with Crippen molar-refractivity contribution in [2.24, 2.45) is 17.6 Å². The maximum absolute atomic E-state index is 9.31. The van der Waals surface area contributed by atoms with E-state index >= 15 is 0 Å². The van der Waals surface area contributed by atoms with Crippen molar-refractivity contribution in [2.75, 3.05) is 18.0 Å². The molecular formula is C16H21N3. The molecule has 1 aromatic rings. The summed E-state index contributed by atoms with van der Waals surface area (Å²) < 4.78 is 0. The molecule has 1 heterocycles. The van der Waals surface area contributed by atoms with E-state index in [1.807, 2.05) is 12.1 Å². The summed E-state index contributed by atoms with van der Waals surface area (Å²) in [5.74, 6) is 1.49. The van der Waals surface area contributed by atoms with E-state index in [1.165, 1.54) is 12.0 Å². The van der Waals surface area contributed by atoms with Crippen LogP contribution in [-0.2, 0) is 0 Å². The molecule has 0 amide bonds. The van der Waals surface area contributed by atoms with Crippen LogP contribution in [0.25, 0.3) is 0 Å². The van der Waals surface area contributed by atoms with E-state index in [1.54, 1.807) is 0 Å². The van der Waals surface area contributed by atoms with Crippen LogP contribution < -0.4 is 10.6 Å². The third-order valence-corrected chi connectivity index (χ3v) is 4.76. The van der Waals surface area contributed by atoms with Gasteiger partial charge in [0, 0.05) is 19.1 Å². The zero-order chi connectivity index (χ0) is 13.4. The van der Waals surface area contributed by atoms with Crippen molar-refractivity contribution in [1.29, 1.82) is 5.26 Å². The van der Waals surface area contributed by atoms with E-state index in [-0.39, 0.29) is 0 Å². The van der Waals surface area contributed by atoms with Gasteiger partial charge in [-0.05, 0) is 49.7 Å². The van der Waals surface area contributed by atoms with Crippen LogP contribution in [0, 0.1) is 30.1 Å². The first-order chi connectivity index (χ1) is 9.19. The summed E-state index contributed by atoms with van der Waals surface area (Å²) in [6, 6.07) is 8.72. The largest absolute Gasteiger partial charge is 0.370 e. The number of nitrogens with two attached hydrogens (primary N) is 1. The van der Waals surface area contributed by atoms with Crippen molar-refractivity contribution in [3.63, 3.8) is 0 Å². The first kappa shape index (κ1) is 12.5. The molecular weight excluding hydrogens is 234 g/mol. The topological polar surface area (TPSA) is 53.0 Å². The Balaban J connectivity index is 1.87. The number of aryl methyl sites for hydroxylation is 1. The van der Waals surface area contributed by atoms with Crippen LogP contribution in [-0.4, -0.2) is 19.1 Å². The fraction of sp³-hybridized carbons (Fsp3) is 0.562. The molecule has 0 radical (unpaired) electrons. The fourth-order valence-electron chi connectivity index (χ4n) is 3.82. The number of benzene rings is 1. The summed E-state index contributed by atoms with van der Waals surface area (Å²) >= 11 is 0. The van der Waals surface area contributed by atoms with Crippen molar-refractivity contribution >= 4 is 5.69 Å². The normalized spacial score (nSPS) is 29.9. The van der Waals surface area contributed by atoms with E-state index < -0.39 is 0 Å². The zero-order valence-corrected chi connectivity index (χ0v) is 11.5. The van der Waals surface area contributed by atoms with Gasteiger partial charge in [-0.25, -0.2) is 0 Å². The number of rotatable bonds is 1. The third kappa shape index (κ3) is 2.21. The average molecular weight is 255 g/mol. The SMILES string of the molecule is Cc1cccc(C#N)c1N1C[C@H]2CCC(N)C[C@H]2C1. The Morgan fingerprint density at radius 3 is 2.84 bits per heavy atom. The Labute approximate surface area is 115 Å². The average Bonchev–Trinajstić information content (AvgIpc) is 2.80. The molecule has 100 valence electrons. The summed E-state index contributed by atoms with van der Waals surface area (Å²) in [5.41, 5.74) is 9.25. The van der Waals surface area contributed by atoms with Gasteiger partial charge in [0.15, 0.2) is 0 Å². The van der Waals surface area contributed by atoms with Gasteiger partial charge in [0.25, 0.3) is 0 Å². The van der Waals surface area contributed by atoms with Gasteiger partial charge in [-0.1, -0.05) is 12.1 Å². The van der Waals surface area contributed by atoms with Gasteiger partial charge in [0.2, 0.25) is 0 Å². The summed E-state index contributed by atoms with van der Waals surface area (Å²) in [6.07, 6.45) is 3.55. The van der Waals surface area contributed by atoms with Crippen LogP contribution in [0.1, 0.15) is 30.4 Å². The van der Waals surface area contributed by atoms with Crippen LogP contribution in [0.2, 0.25) is 0 Å². The van der Waals surface area contributed by atoms with Gasteiger partial charge in [-0.2, -0.15) is 5.26 Å². The molecule has 3 rings (SSSR count). The zero-order valence-electron chi connectivity index (χ0n) is 11.5. The van der Waals surface area contributed by atoms with E-state index in [9.17, 15) is 5.26 Å². The molecule has 0 spiro atoms. The van der Waals surface area contributed by atoms with Crippen molar-refractivity contribution in [2.45, 2.75) is 32.2 Å². The maximum atomic E-state index is 9.31. The molecule has 2 N–H and O–H groups in total. The van der Waals surface area contributed by atoms with Crippen molar-refractivity contribution in [3.8, 4) is 6.07 Å². The molecule has 1 aliphatic heterocycles. The van der Waals surface area contributed by atoms with Crippen LogP contribution in [0.15, 0.2) is 18.2 Å². The molecule has 1 aromatic carbocycles. The van der Waals surface area contributed by atoms with Gasteiger partial charge < -0.3 is 10.6 Å². The summed E-state index contributed by atoms with van der Waals surface area (Å²) in [4.78, 5) is 2.42. The van der Waals surface area contributed by atoms with Crippen molar-refractivity contribution in [3.05, 3.63) is 29.3 Å². The summed E-state index contributed by atoms with van der Waals surface area (Å²) in [6.45, 7) is 4.26. The molecule has 2 fully saturated rings. The van der Waals surface area contributed by atoms with Crippen LogP contribution >= 0.6 is 0 Å². The van der Waals surface area contributed by atoms with E-state index in [4.69, 9.17) is 5.73 Å². The van der Waals surface area contributed by atoms with Gasteiger partial charge >= 0.3 is 0 Å². The van der Waals surface area contributed by atoms with E-state index in [0.717, 1.165) is 49.0 Å². The molecule has 3 atom stereocenters. The second-order valence-corrected chi connectivity index (χ2v) is 6.08.